The Hall–Kier alpha value is -3.41. The Morgan fingerprint density at radius 1 is 1.35 bits per heavy atom. The van der Waals surface area contributed by atoms with E-state index >= 15 is 0 Å². The third kappa shape index (κ3) is 5.20. The number of carbonyl (C=O) groups excluding carboxylic acids is 1. The van der Waals surface area contributed by atoms with Gasteiger partial charge in [0.2, 0.25) is 5.91 Å². The molecular weight excluding hydrogens is 409 g/mol. The minimum Gasteiger partial charge on any atom is -0.406 e. The molecule has 1 unspecified atom stereocenters. The van der Waals surface area contributed by atoms with E-state index in [4.69, 9.17) is 4.99 Å². The van der Waals surface area contributed by atoms with Gasteiger partial charge in [-0.25, -0.2) is 4.99 Å². The molecule has 1 saturated heterocycles. The van der Waals surface area contributed by atoms with Crippen LogP contribution in [0.4, 0.5) is 13.2 Å². The first kappa shape index (κ1) is 22.3. The molecule has 0 saturated carbocycles. The van der Waals surface area contributed by atoms with Crippen LogP contribution in [0.25, 0.3) is 5.70 Å². The van der Waals surface area contributed by atoms with Gasteiger partial charge in [-0.15, -0.1) is 13.2 Å². The minimum atomic E-state index is -4.75. The van der Waals surface area contributed by atoms with Gasteiger partial charge in [0.1, 0.15) is 17.8 Å². The first-order valence-electron chi connectivity index (χ1n) is 9.64. The Morgan fingerprint density at radius 2 is 2.03 bits per heavy atom. The number of ether oxygens (including phenoxy) is 1. The molecular formula is C22H23F3N4O2. The van der Waals surface area contributed by atoms with E-state index in [0.29, 0.717) is 42.2 Å². The number of halogens is 3. The predicted molar refractivity (Wildman–Crippen MR) is 112 cm³/mol. The number of aliphatic imine (C=N–C) groups is 1. The number of amides is 1. The quantitative estimate of drug-likeness (QED) is 0.451. The summed E-state index contributed by atoms with van der Waals surface area (Å²) in [7, 11) is 1.78. The first-order valence-corrected chi connectivity index (χ1v) is 9.64. The number of likely N-dealkylation sites (N-methyl/N-ethyl adjacent to an activating group) is 1. The molecule has 0 spiro atoms. The van der Waals surface area contributed by atoms with Gasteiger partial charge in [0.15, 0.2) is 0 Å². The molecule has 6 nitrogen and oxygen atoms in total. The average Bonchev–Trinajstić information content (AvgIpc) is 3.01. The van der Waals surface area contributed by atoms with Crippen molar-refractivity contribution in [3.8, 4) is 17.7 Å². The number of alkyl halides is 3. The van der Waals surface area contributed by atoms with Crippen molar-refractivity contribution in [3.05, 3.63) is 47.6 Å². The van der Waals surface area contributed by atoms with Crippen LogP contribution in [0.2, 0.25) is 0 Å². The van der Waals surface area contributed by atoms with Gasteiger partial charge in [-0.05, 0) is 50.1 Å². The third-order valence-corrected chi connectivity index (χ3v) is 4.94. The monoisotopic (exact) mass is 432 g/mol. The summed E-state index contributed by atoms with van der Waals surface area (Å²) in [4.78, 5) is 20.4. The van der Waals surface area contributed by atoms with Crippen LogP contribution in [0.5, 0.6) is 5.75 Å². The second kappa shape index (κ2) is 8.76. The fourth-order valence-corrected chi connectivity index (χ4v) is 3.52. The minimum absolute atomic E-state index is 0.0956. The average molecular weight is 432 g/mol. The smallest absolute Gasteiger partial charge is 0.406 e. The highest BCUT2D eigenvalue weighted by Gasteiger charge is 2.32. The number of hydrogen-bond donors (Lipinski definition) is 1. The van der Waals surface area contributed by atoms with Crippen molar-refractivity contribution in [2.24, 2.45) is 4.99 Å². The third-order valence-electron chi connectivity index (χ3n) is 4.94. The van der Waals surface area contributed by atoms with Crippen LogP contribution < -0.4 is 10.1 Å². The highest BCUT2D eigenvalue weighted by molar-refractivity contribution is 6.06. The Bertz CT molecular complexity index is 1000. The molecule has 1 atom stereocenters. The molecule has 0 aromatic heterocycles. The van der Waals surface area contributed by atoms with Crippen molar-refractivity contribution in [1.29, 1.82) is 0 Å². The van der Waals surface area contributed by atoms with Crippen molar-refractivity contribution < 1.29 is 22.7 Å². The maximum Gasteiger partial charge on any atom is 0.573 e. The lowest BCUT2D eigenvalue weighted by atomic mass is 10.0. The molecule has 1 N–H and O–H groups in total. The number of rotatable bonds is 4. The SMILES string of the molecule is C=C1CCN(CC2N=C(N(C)C#CC)C(C)=C(c3ccc(OC(F)(F)F)cc3)N2)C1=O. The largest absolute Gasteiger partial charge is 0.573 e. The number of nitrogens with one attached hydrogen (secondary N) is 1. The van der Waals surface area contributed by atoms with E-state index in [2.05, 4.69) is 28.6 Å². The number of amidine groups is 1. The van der Waals surface area contributed by atoms with Gasteiger partial charge in [-0.1, -0.05) is 12.5 Å². The molecule has 164 valence electrons. The summed E-state index contributed by atoms with van der Waals surface area (Å²) in [6.07, 6.45) is -4.58. The molecule has 2 heterocycles. The molecule has 1 amide bonds. The first-order chi connectivity index (χ1) is 14.6. The Morgan fingerprint density at radius 3 is 2.58 bits per heavy atom. The number of carbonyl (C=O) groups is 1. The van der Waals surface area contributed by atoms with Crippen LogP contribution >= 0.6 is 0 Å². The number of benzene rings is 1. The van der Waals surface area contributed by atoms with E-state index in [0.717, 1.165) is 5.57 Å². The summed E-state index contributed by atoms with van der Waals surface area (Å²) in [5, 5.41) is 3.31. The molecule has 0 radical (unpaired) electrons. The second-order valence-electron chi connectivity index (χ2n) is 7.21. The van der Waals surface area contributed by atoms with Crippen molar-refractivity contribution in [3.63, 3.8) is 0 Å². The molecule has 1 aromatic carbocycles. The second-order valence-corrected chi connectivity index (χ2v) is 7.21. The fraction of sp³-hybridized carbons (Fsp3) is 0.364. The van der Waals surface area contributed by atoms with Gasteiger partial charge in [-0.3, -0.25) is 9.69 Å². The van der Waals surface area contributed by atoms with E-state index in [-0.39, 0.29) is 11.7 Å². The summed E-state index contributed by atoms with van der Waals surface area (Å²) in [5.41, 5.74) is 2.72. The summed E-state index contributed by atoms with van der Waals surface area (Å²) in [5.74, 6) is 3.05. The molecule has 3 rings (SSSR count). The zero-order chi connectivity index (χ0) is 22.8. The van der Waals surface area contributed by atoms with Gasteiger partial charge >= 0.3 is 6.36 Å². The molecule has 1 aromatic rings. The Balaban J connectivity index is 1.90. The van der Waals surface area contributed by atoms with E-state index in [9.17, 15) is 18.0 Å². The lowest BCUT2D eigenvalue weighted by Crippen LogP contribution is -2.44. The highest BCUT2D eigenvalue weighted by Crippen LogP contribution is 2.28. The van der Waals surface area contributed by atoms with Crippen LogP contribution in [0.3, 0.4) is 0 Å². The summed E-state index contributed by atoms with van der Waals surface area (Å²) >= 11 is 0. The van der Waals surface area contributed by atoms with Crippen molar-refractivity contribution >= 4 is 17.4 Å². The molecule has 9 heteroatoms. The van der Waals surface area contributed by atoms with Crippen LogP contribution in [0.15, 0.2) is 47.0 Å². The molecule has 2 aliphatic heterocycles. The van der Waals surface area contributed by atoms with Gasteiger partial charge < -0.3 is 15.0 Å². The summed E-state index contributed by atoms with van der Waals surface area (Å²) in [6, 6.07) is 8.54. The highest BCUT2D eigenvalue weighted by atomic mass is 19.4. The fourth-order valence-electron chi connectivity index (χ4n) is 3.52. The van der Waals surface area contributed by atoms with Gasteiger partial charge in [0.05, 0.1) is 6.54 Å². The molecule has 0 aliphatic carbocycles. The van der Waals surface area contributed by atoms with E-state index in [1.807, 2.05) is 6.92 Å². The number of nitrogens with zero attached hydrogens (tertiary/aromatic N) is 3. The van der Waals surface area contributed by atoms with Crippen LogP contribution in [-0.4, -0.2) is 54.2 Å². The van der Waals surface area contributed by atoms with E-state index in [1.165, 1.54) is 12.1 Å². The van der Waals surface area contributed by atoms with E-state index in [1.54, 1.807) is 35.9 Å². The predicted octanol–water partition coefficient (Wildman–Crippen LogP) is 3.35. The standard InChI is InChI=1S/C22H23F3N4O2/c1-5-11-28(4)20-15(3)19(16-6-8-17(9-7-16)31-22(23,24)25)26-18(27-20)13-29-12-10-14(2)21(29)30/h6-9,18,26H,2,10,12-13H2,1,3-4H3. The molecule has 2 aliphatic rings. The van der Waals surface area contributed by atoms with Crippen molar-refractivity contribution in [2.75, 3.05) is 20.1 Å². The Labute approximate surface area is 179 Å². The van der Waals surface area contributed by atoms with E-state index < -0.39 is 12.5 Å². The van der Waals surface area contributed by atoms with Crippen LogP contribution in [0, 0.1) is 12.0 Å². The van der Waals surface area contributed by atoms with Crippen LogP contribution in [-0.2, 0) is 4.79 Å². The summed E-state index contributed by atoms with van der Waals surface area (Å²) in [6.45, 7) is 8.26. The summed E-state index contributed by atoms with van der Waals surface area (Å²) < 4.78 is 41.3. The molecule has 31 heavy (non-hydrogen) atoms. The number of likely N-dealkylation sites (tertiary alicyclic amines) is 1. The zero-order valence-corrected chi connectivity index (χ0v) is 17.5. The van der Waals surface area contributed by atoms with Gasteiger partial charge in [-0.2, -0.15) is 0 Å². The topological polar surface area (TPSA) is 57.2 Å². The number of hydrogen-bond acceptors (Lipinski definition) is 5. The van der Waals surface area contributed by atoms with Crippen molar-refractivity contribution in [2.45, 2.75) is 32.8 Å². The lowest BCUT2D eigenvalue weighted by Gasteiger charge is -2.31. The van der Waals surface area contributed by atoms with Gasteiger partial charge in [0, 0.05) is 36.5 Å². The maximum atomic E-state index is 12.5. The van der Waals surface area contributed by atoms with Gasteiger partial charge in [0.25, 0.3) is 0 Å². The zero-order valence-electron chi connectivity index (χ0n) is 17.5. The lowest BCUT2D eigenvalue weighted by molar-refractivity contribution is -0.274. The normalized spacial score (nSPS) is 19.0. The maximum absolute atomic E-state index is 12.5. The van der Waals surface area contributed by atoms with Crippen molar-refractivity contribution in [1.82, 2.24) is 15.1 Å². The Kier molecular flexibility index (Phi) is 6.29. The molecule has 1 fully saturated rings. The van der Waals surface area contributed by atoms with Crippen LogP contribution in [0.1, 0.15) is 25.8 Å². The molecule has 0 bridgehead atoms.